The minimum atomic E-state index is -4.79. The van der Waals surface area contributed by atoms with E-state index in [9.17, 15) is 28.2 Å². The molecule has 0 fully saturated rings. The van der Waals surface area contributed by atoms with E-state index in [0.29, 0.717) is 46.6 Å². The van der Waals surface area contributed by atoms with Crippen molar-refractivity contribution in [1.82, 2.24) is 5.32 Å². The molecule has 1 amide bonds. The van der Waals surface area contributed by atoms with Crippen LogP contribution in [-0.4, -0.2) is 35.2 Å². The fraction of sp³-hybridized carbons (Fsp3) is 0.318. The van der Waals surface area contributed by atoms with Crippen molar-refractivity contribution < 1.29 is 37.7 Å². The second kappa shape index (κ2) is 8.99. The van der Waals surface area contributed by atoms with E-state index < -0.39 is 24.5 Å². The highest BCUT2D eigenvalue weighted by molar-refractivity contribution is 5.87. The van der Waals surface area contributed by atoms with Gasteiger partial charge in [0, 0.05) is 24.1 Å². The van der Waals surface area contributed by atoms with Crippen LogP contribution in [-0.2, 0) is 17.8 Å². The van der Waals surface area contributed by atoms with E-state index in [4.69, 9.17) is 4.74 Å². The van der Waals surface area contributed by atoms with Crippen molar-refractivity contribution in [3.8, 4) is 22.6 Å². The lowest BCUT2D eigenvalue weighted by molar-refractivity contribution is -0.274. The van der Waals surface area contributed by atoms with Crippen LogP contribution in [0.2, 0.25) is 0 Å². The quantitative estimate of drug-likeness (QED) is 0.578. The zero-order chi connectivity index (χ0) is 22.8. The fourth-order valence-electron chi connectivity index (χ4n) is 3.53. The molecule has 0 aromatic heterocycles. The summed E-state index contributed by atoms with van der Waals surface area (Å²) in [6.07, 6.45) is -5.48. The molecule has 3 N–H and O–H groups in total. The van der Waals surface area contributed by atoms with Crippen LogP contribution in [0, 0.1) is 0 Å². The Balaban J connectivity index is 2.08. The highest BCUT2D eigenvalue weighted by Gasteiger charge is 2.32. The van der Waals surface area contributed by atoms with E-state index in [-0.39, 0.29) is 12.3 Å². The molecular weight excluding hydrogens is 415 g/mol. The summed E-state index contributed by atoms with van der Waals surface area (Å²) >= 11 is 0. The number of benzene rings is 2. The van der Waals surface area contributed by atoms with Crippen LogP contribution < -0.4 is 14.8 Å². The van der Waals surface area contributed by atoms with E-state index in [1.165, 1.54) is 31.2 Å². The molecule has 0 radical (unpaired) electrons. The standard InChI is InChI=1S/C22H22F3NO5/c1-3-18(28)26-11-14-10-17(13-4-6-15(7-5-13)31-22(23,24)25)21-16(8-9-30-21)19(14)20(29)12(2)27/h3-7,10,12,20,27,29H,1,8-9,11H2,2H3,(H,26,28)/t12-,20+/m0/s1. The summed E-state index contributed by atoms with van der Waals surface area (Å²) in [4.78, 5) is 11.7. The number of halogens is 3. The molecule has 3 rings (SSSR count). The molecule has 6 nitrogen and oxygen atoms in total. The second-order valence-electron chi connectivity index (χ2n) is 7.08. The van der Waals surface area contributed by atoms with Crippen LogP contribution in [0.4, 0.5) is 13.2 Å². The van der Waals surface area contributed by atoms with Gasteiger partial charge in [0.05, 0.1) is 12.7 Å². The van der Waals surface area contributed by atoms with E-state index in [1.54, 1.807) is 6.07 Å². The average Bonchev–Trinajstić information content (AvgIpc) is 3.19. The Kier molecular flexibility index (Phi) is 6.56. The van der Waals surface area contributed by atoms with Gasteiger partial charge in [-0.3, -0.25) is 4.79 Å². The van der Waals surface area contributed by atoms with E-state index in [2.05, 4.69) is 16.6 Å². The first-order valence-corrected chi connectivity index (χ1v) is 9.54. The summed E-state index contributed by atoms with van der Waals surface area (Å²) in [6, 6.07) is 7.02. The minimum Gasteiger partial charge on any atom is -0.492 e. The zero-order valence-corrected chi connectivity index (χ0v) is 16.7. The number of carbonyl (C=O) groups is 1. The van der Waals surface area contributed by atoms with E-state index in [1.807, 2.05) is 0 Å². The molecule has 1 heterocycles. The molecule has 0 aliphatic carbocycles. The summed E-state index contributed by atoms with van der Waals surface area (Å²) in [7, 11) is 0. The van der Waals surface area contributed by atoms with Crippen molar-refractivity contribution in [3.63, 3.8) is 0 Å². The first-order valence-electron chi connectivity index (χ1n) is 9.54. The lowest BCUT2D eigenvalue weighted by atomic mass is 9.88. The molecule has 0 saturated carbocycles. The molecule has 2 aromatic rings. The maximum absolute atomic E-state index is 12.4. The number of fused-ring (bicyclic) bond motifs is 1. The molecule has 0 bridgehead atoms. The van der Waals surface area contributed by atoms with E-state index >= 15 is 0 Å². The van der Waals surface area contributed by atoms with Crippen molar-refractivity contribution in [2.24, 2.45) is 0 Å². The molecule has 31 heavy (non-hydrogen) atoms. The van der Waals surface area contributed by atoms with Gasteiger partial charge in [-0.2, -0.15) is 0 Å². The van der Waals surface area contributed by atoms with Gasteiger partial charge in [0.25, 0.3) is 0 Å². The predicted molar refractivity (Wildman–Crippen MR) is 106 cm³/mol. The number of nitrogens with one attached hydrogen (secondary N) is 1. The first kappa shape index (κ1) is 22.6. The number of aliphatic hydroxyl groups is 2. The smallest absolute Gasteiger partial charge is 0.492 e. The topological polar surface area (TPSA) is 88.0 Å². The lowest BCUT2D eigenvalue weighted by Crippen LogP contribution is -2.24. The predicted octanol–water partition coefficient (Wildman–Crippen LogP) is 3.40. The van der Waals surface area contributed by atoms with Gasteiger partial charge in [-0.1, -0.05) is 18.7 Å². The molecule has 1 aliphatic heterocycles. The van der Waals surface area contributed by atoms with Crippen molar-refractivity contribution in [3.05, 3.63) is 59.7 Å². The second-order valence-corrected chi connectivity index (χ2v) is 7.08. The average molecular weight is 437 g/mol. The molecule has 0 saturated heterocycles. The van der Waals surface area contributed by atoms with Gasteiger partial charge in [0.15, 0.2) is 0 Å². The summed E-state index contributed by atoms with van der Waals surface area (Å²) in [6.45, 7) is 5.25. The highest BCUT2D eigenvalue weighted by atomic mass is 19.4. The summed E-state index contributed by atoms with van der Waals surface area (Å²) < 4.78 is 47.0. The van der Waals surface area contributed by atoms with Crippen molar-refractivity contribution in [2.45, 2.75) is 38.5 Å². The van der Waals surface area contributed by atoms with Gasteiger partial charge < -0.3 is 25.0 Å². The third-order valence-electron chi connectivity index (χ3n) is 4.90. The van der Waals surface area contributed by atoms with Gasteiger partial charge in [0.2, 0.25) is 5.91 Å². The lowest BCUT2D eigenvalue weighted by Gasteiger charge is -2.23. The van der Waals surface area contributed by atoms with Crippen LogP contribution in [0.15, 0.2) is 43.0 Å². The van der Waals surface area contributed by atoms with Gasteiger partial charge in [-0.05, 0) is 47.9 Å². The number of hydrogen-bond donors (Lipinski definition) is 3. The number of carbonyl (C=O) groups excluding carboxylic acids is 1. The Morgan fingerprint density at radius 2 is 2.00 bits per heavy atom. The molecular formula is C22H22F3NO5. The third kappa shape index (κ3) is 5.18. The highest BCUT2D eigenvalue weighted by Crippen LogP contribution is 2.43. The number of amides is 1. The van der Waals surface area contributed by atoms with Crippen molar-refractivity contribution >= 4 is 5.91 Å². The Labute approximate surface area is 176 Å². The summed E-state index contributed by atoms with van der Waals surface area (Å²) in [5, 5.41) is 23.2. The maximum Gasteiger partial charge on any atom is 0.573 e. The van der Waals surface area contributed by atoms with Crippen molar-refractivity contribution in [2.75, 3.05) is 6.61 Å². The largest absolute Gasteiger partial charge is 0.573 e. The monoisotopic (exact) mass is 437 g/mol. The summed E-state index contributed by atoms with van der Waals surface area (Å²) in [5.74, 6) is -0.282. The molecule has 0 spiro atoms. The van der Waals surface area contributed by atoms with Crippen LogP contribution in [0.5, 0.6) is 11.5 Å². The molecule has 1 aliphatic rings. The molecule has 2 atom stereocenters. The van der Waals surface area contributed by atoms with Crippen LogP contribution >= 0.6 is 0 Å². The number of alkyl halides is 3. The summed E-state index contributed by atoms with van der Waals surface area (Å²) in [5.41, 5.74) is 2.87. The van der Waals surface area contributed by atoms with Crippen molar-refractivity contribution in [1.29, 1.82) is 0 Å². The van der Waals surface area contributed by atoms with Crippen LogP contribution in [0.1, 0.15) is 29.7 Å². The van der Waals surface area contributed by atoms with E-state index in [0.717, 1.165) is 6.08 Å². The third-order valence-corrected chi connectivity index (χ3v) is 4.90. The van der Waals surface area contributed by atoms with Gasteiger partial charge >= 0.3 is 6.36 Å². The van der Waals surface area contributed by atoms with Crippen LogP contribution in [0.3, 0.4) is 0 Å². The molecule has 0 unspecified atom stereocenters. The molecule has 2 aromatic carbocycles. The van der Waals surface area contributed by atoms with Gasteiger partial charge in [-0.15, -0.1) is 13.2 Å². The Bertz CT molecular complexity index is 971. The first-order chi connectivity index (χ1) is 14.6. The number of hydrogen-bond acceptors (Lipinski definition) is 5. The normalized spacial score (nSPS) is 14.9. The number of ether oxygens (including phenoxy) is 2. The fourth-order valence-corrected chi connectivity index (χ4v) is 3.53. The minimum absolute atomic E-state index is 0.0551. The molecule has 166 valence electrons. The Morgan fingerprint density at radius 3 is 2.58 bits per heavy atom. The van der Waals surface area contributed by atoms with Gasteiger partial charge in [0.1, 0.15) is 17.6 Å². The SMILES string of the molecule is C=CC(=O)NCc1cc(-c2ccc(OC(F)(F)F)cc2)c2c(c1[C@H](O)[C@H](C)O)CCO2. The maximum atomic E-state index is 12.4. The Hall–Kier alpha value is -3.04. The number of aliphatic hydroxyl groups excluding tert-OH is 2. The number of rotatable bonds is 7. The Morgan fingerprint density at radius 1 is 1.32 bits per heavy atom. The zero-order valence-electron chi connectivity index (χ0n) is 16.7. The van der Waals surface area contributed by atoms with Crippen LogP contribution in [0.25, 0.3) is 11.1 Å². The molecule has 9 heteroatoms. The van der Waals surface area contributed by atoms with Gasteiger partial charge in [-0.25, -0.2) is 0 Å².